The molecule has 1 fully saturated rings. The summed E-state index contributed by atoms with van der Waals surface area (Å²) < 4.78 is 22.2. The second-order valence-corrected chi connectivity index (χ2v) is 5.85. The van der Waals surface area contributed by atoms with Gasteiger partial charge < -0.3 is 10.6 Å². The summed E-state index contributed by atoms with van der Waals surface area (Å²) in [5, 5.41) is 6.94. The van der Waals surface area contributed by atoms with Crippen molar-refractivity contribution in [2.45, 2.75) is 24.9 Å². The van der Waals surface area contributed by atoms with Crippen molar-refractivity contribution < 1.29 is 13.2 Å². The maximum atomic E-state index is 11.6. The quantitative estimate of drug-likeness (QED) is 0.649. The van der Waals surface area contributed by atoms with Gasteiger partial charge >= 0.3 is 0 Å². The zero-order chi connectivity index (χ0) is 10.9. The van der Waals surface area contributed by atoms with E-state index >= 15 is 0 Å². The summed E-state index contributed by atoms with van der Waals surface area (Å²) in [5.74, 6) is -0.106. The van der Waals surface area contributed by atoms with Gasteiger partial charge in [-0.2, -0.15) is 0 Å². The first kappa shape index (κ1) is 10.6. The third-order valence-electron chi connectivity index (χ3n) is 2.63. The van der Waals surface area contributed by atoms with Gasteiger partial charge in [0.1, 0.15) is 0 Å². The van der Waals surface area contributed by atoms with E-state index in [0.717, 1.165) is 19.4 Å². The monoisotopic (exact) mass is 230 g/mol. The largest absolute Gasteiger partial charge is 0.347 e. The van der Waals surface area contributed by atoms with Crippen LogP contribution in [0.15, 0.2) is 11.5 Å². The fourth-order valence-electron chi connectivity index (χ4n) is 1.86. The molecule has 2 heterocycles. The molecule has 0 aliphatic carbocycles. The Balaban J connectivity index is 1.88. The molecule has 0 bridgehead atoms. The number of carbonyl (C=O) groups is 1. The lowest BCUT2D eigenvalue weighted by atomic mass is 10.2. The van der Waals surface area contributed by atoms with Gasteiger partial charge in [0, 0.05) is 5.41 Å². The molecule has 1 saturated heterocycles. The van der Waals surface area contributed by atoms with Gasteiger partial charge in [-0.05, 0) is 25.5 Å². The average Bonchev–Trinajstić information content (AvgIpc) is 2.74. The average molecular weight is 230 g/mol. The molecule has 6 heteroatoms. The molecule has 0 saturated carbocycles. The Morgan fingerprint density at radius 3 is 2.80 bits per heavy atom. The molecule has 0 aromatic carbocycles. The summed E-state index contributed by atoms with van der Waals surface area (Å²) in [6.07, 6.45) is 3.36. The Hall–Kier alpha value is -0.880. The van der Waals surface area contributed by atoms with Crippen molar-refractivity contribution in [1.82, 2.24) is 10.6 Å². The first-order valence-corrected chi connectivity index (χ1v) is 6.73. The molecule has 0 spiro atoms. The molecule has 5 nitrogen and oxygen atoms in total. The van der Waals surface area contributed by atoms with Crippen LogP contribution in [0.2, 0.25) is 0 Å². The molecular formula is C9H14N2O3S. The van der Waals surface area contributed by atoms with Crippen LogP contribution < -0.4 is 10.6 Å². The summed E-state index contributed by atoms with van der Waals surface area (Å²) in [5.41, 5.74) is 0. The number of hydrogen-bond donors (Lipinski definition) is 2. The van der Waals surface area contributed by atoms with E-state index in [9.17, 15) is 13.2 Å². The molecular weight excluding hydrogens is 216 g/mol. The van der Waals surface area contributed by atoms with E-state index in [4.69, 9.17) is 0 Å². The Kier molecular flexibility index (Phi) is 2.79. The van der Waals surface area contributed by atoms with E-state index in [1.165, 1.54) is 11.5 Å². The summed E-state index contributed by atoms with van der Waals surface area (Å²) in [6.45, 7) is 0.858. The van der Waals surface area contributed by atoms with Gasteiger partial charge in [0.25, 0.3) is 0 Å². The zero-order valence-corrected chi connectivity index (χ0v) is 9.09. The van der Waals surface area contributed by atoms with E-state index in [1.54, 1.807) is 0 Å². The van der Waals surface area contributed by atoms with Crippen LogP contribution in [0.1, 0.15) is 12.8 Å². The van der Waals surface area contributed by atoms with Crippen molar-refractivity contribution in [3.8, 4) is 0 Å². The van der Waals surface area contributed by atoms with Gasteiger partial charge in [0.05, 0.1) is 17.8 Å². The van der Waals surface area contributed by atoms with E-state index in [1.807, 2.05) is 0 Å². The second-order valence-electron chi connectivity index (χ2n) is 3.92. The number of sulfone groups is 1. The van der Waals surface area contributed by atoms with Gasteiger partial charge in [-0.1, -0.05) is 0 Å². The molecule has 15 heavy (non-hydrogen) atoms. The molecule has 0 aromatic heterocycles. The van der Waals surface area contributed by atoms with Crippen LogP contribution in [0.4, 0.5) is 0 Å². The van der Waals surface area contributed by atoms with Crippen LogP contribution in [0.5, 0.6) is 0 Å². The first-order valence-electron chi connectivity index (χ1n) is 5.01. The SMILES string of the molecule is O=C(NC1C=CS(=O)(=O)C1)[C@H]1CCCN1. The number of nitrogens with one attached hydrogen (secondary N) is 2. The van der Waals surface area contributed by atoms with Gasteiger partial charge in [0.15, 0.2) is 9.84 Å². The predicted molar refractivity (Wildman–Crippen MR) is 55.9 cm³/mol. The normalized spacial score (nSPS) is 33.1. The Morgan fingerprint density at radius 2 is 2.27 bits per heavy atom. The van der Waals surface area contributed by atoms with Gasteiger partial charge in [-0.3, -0.25) is 4.79 Å². The number of carbonyl (C=O) groups excluding carboxylic acids is 1. The molecule has 84 valence electrons. The van der Waals surface area contributed by atoms with Crippen molar-refractivity contribution in [3.63, 3.8) is 0 Å². The summed E-state index contributed by atoms with van der Waals surface area (Å²) in [6, 6.07) is -0.508. The maximum Gasteiger partial charge on any atom is 0.237 e. The highest BCUT2D eigenvalue weighted by molar-refractivity contribution is 7.94. The van der Waals surface area contributed by atoms with Crippen molar-refractivity contribution >= 4 is 15.7 Å². The van der Waals surface area contributed by atoms with Crippen LogP contribution in [-0.2, 0) is 14.6 Å². The maximum absolute atomic E-state index is 11.6. The highest BCUT2D eigenvalue weighted by atomic mass is 32.2. The van der Waals surface area contributed by atoms with E-state index in [-0.39, 0.29) is 23.7 Å². The van der Waals surface area contributed by atoms with Gasteiger partial charge in [-0.25, -0.2) is 8.42 Å². The Labute approximate surface area is 88.8 Å². The summed E-state index contributed by atoms with van der Waals surface area (Å²) in [7, 11) is -3.08. The lowest BCUT2D eigenvalue weighted by molar-refractivity contribution is -0.123. The van der Waals surface area contributed by atoms with E-state index in [0.29, 0.717) is 0 Å². The molecule has 2 atom stereocenters. The Morgan fingerprint density at radius 1 is 1.47 bits per heavy atom. The van der Waals surface area contributed by atoms with Crippen molar-refractivity contribution in [2.24, 2.45) is 0 Å². The third kappa shape index (κ3) is 2.57. The molecule has 0 aromatic rings. The topological polar surface area (TPSA) is 75.3 Å². The molecule has 2 aliphatic heterocycles. The summed E-state index contributed by atoms with van der Waals surface area (Å²) in [4.78, 5) is 11.6. The minimum atomic E-state index is -3.08. The highest BCUT2D eigenvalue weighted by Gasteiger charge is 2.27. The van der Waals surface area contributed by atoms with E-state index in [2.05, 4.69) is 10.6 Å². The van der Waals surface area contributed by atoms with Crippen molar-refractivity contribution in [2.75, 3.05) is 12.3 Å². The number of hydrogen-bond acceptors (Lipinski definition) is 4. The highest BCUT2D eigenvalue weighted by Crippen LogP contribution is 2.10. The number of amides is 1. The van der Waals surface area contributed by atoms with Crippen LogP contribution in [0.3, 0.4) is 0 Å². The van der Waals surface area contributed by atoms with Crippen molar-refractivity contribution in [3.05, 3.63) is 11.5 Å². The van der Waals surface area contributed by atoms with Crippen LogP contribution >= 0.6 is 0 Å². The lowest BCUT2D eigenvalue weighted by Crippen LogP contribution is -2.45. The fourth-order valence-corrected chi connectivity index (χ4v) is 3.09. The van der Waals surface area contributed by atoms with Crippen LogP contribution in [0.25, 0.3) is 0 Å². The molecule has 1 unspecified atom stereocenters. The van der Waals surface area contributed by atoms with Gasteiger partial charge in [-0.15, -0.1) is 0 Å². The van der Waals surface area contributed by atoms with Crippen LogP contribution in [0, 0.1) is 0 Å². The third-order valence-corrected chi connectivity index (χ3v) is 4.03. The van der Waals surface area contributed by atoms with Crippen LogP contribution in [-0.4, -0.2) is 38.7 Å². The number of rotatable bonds is 2. The minimum absolute atomic E-state index is 0.00847. The summed E-state index contributed by atoms with van der Waals surface area (Å²) >= 11 is 0. The molecule has 2 rings (SSSR count). The predicted octanol–water partition coefficient (Wildman–Crippen LogP) is -0.835. The fraction of sp³-hybridized carbons (Fsp3) is 0.667. The lowest BCUT2D eigenvalue weighted by Gasteiger charge is -2.14. The smallest absolute Gasteiger partial charge is 0.237 e. The molecule has 1 amide bonds. The minimum Gasteiger partial charge on any atom is -0.347 e. The Bertz CT molecular complexity index is 382. The van der Waals surface area contributed by atoms with Gasteiger partial charge in [0.2, 0.25) is 5.91 Å². The van der Waals surface area contributed by atoms with E-state index < -0.39 is 9.84 Å². The second kappa shape index (κ2) is 3.94. The molecule has 0 radical (unpaired) electrons. The molecule has 2 aliphatic rings. The molecule has 2 N–H and O–H groups in total. The standard InChI is InChI=1S/C9H14N2O3S/c12-9(8-2-1-4-10-8)11-7-3-5-15(13,14)6-7/h3,5,7-8,10H,1-2,4,6H2,(H,11,12)/t7?,8-/m1/s1. The van der Waals surface area contributed by atoms with Crippen molar-refractivity contribution in [1.29, 1.82) is 0 Å². The zero-order valence-electron chi connectivity index (χ0n) is 8.27. The first-order chi connectivity index (χ1) is 7.07.